The summed E-state index contributed by atoms with van der Waals surface area (Å²) in [6.45, 7) is 6.56. The van der Waals surface area contributed by atoms with Crippen molar-refractivity contribution in [1.29, 1.82) is 0 Å². The van der Waals surface area contributed by atoms with Crippen molar-refractivity contribution in [2.75, 3.05) is 19.7 Å². The number of alkyl halides is 1. The summed E-state index contributed by atoms with van der Waals surface area (Å²) in [5.41, 5.74) is 0. The van der Waals surface area contributed by atoms with E-state index in [2.05, 4.69) is 6.92 Å². The molecule has 1 amide bonds. The minimum atomic E-state index is -0.194. The molecule has 0 aliphatic carbocycles. The van der Waals surface area contributed by atoms with E-state index in [-0.39, 0.29) is 17.4 Å². The van der Waals surface area contributed by atoms with Crippen molar-refractivity contribution in [2.24, 2.45) is 11.8 Å². The molecule has 2 saturated heterocycles. The van der Waals surface area contributed by atoms with Crippen LogP contribution in [0.5, 0.6) is 0 Å². The van der Waals surface area contributed by atoms with Gasteiger partial charge < -0.3 is 9.64 Å². The number of carbonyl (C=O) groups is 1. The van der Waals surface area contributed by atoms with Crippen LogP contribution in [-0.2, 0) is 9.53 Å². The molecule has 0 aromatic heterocycles. The number of ether oxygens (including phenoxy) is 1. The molecule has 4 heteroatoms. The van der Waals surface area contributed by atoms with Gasteiger partial charge in [-0.25, -0.2) is 0 Å². The van der Waals surface area contributed by atoms with Crippen LogP contribution in [-0.4, -0.2) is 42.0 Å². The van der Waals surface area contributed by atoms with Gasteiger partial charge in [-0.05, 0) is 38.0 Å². The van der Waals surface area contributed by atoms with Gasteiger partial charge in [-0.15, -0.1) is 11.6 Å². The summed E-state index contributed by atoms with van der Waals surface area (Å²) in [6.07, 6.45) is 2.86. The lowest BCUT2D eigenvalue weighted by Crippen LogP contribution is -2.46. The number of amides is 1. The topological polar surface area (TPSA) is 29.5 Å². The third-order valence-corrected chi connectivity index (χ3v) is 4.49. The summed E-state index contributed by atoms with van der Waals surface area (Å²) in [4.78, 5) is 14.2. The molecule has 3 nitrogen and oxygen atoms in total. The lowest BCUT2D eigenvalue weighted by Gasteiger charge is -2.34. The molecule has 3 unspecified atom stereocenters. The first-order valence-corrected chi connectivity index (χ1v) is 7.07. The van der Waals surface area contributed by atoms with Crippen LogP contribution in [0.1, 0.15) is 33.1 Å². The molecule has 0 spiro atoms. The normalized spacial score (nSPS) is 32.8. The number of nitrogens with zero attached hydrogens (tertiary/aromatic N) is 1. The largest absolute Gasteiger partial charge is 0.368 e. The summed E-state index contributed by atoms with van der Waals surface area (Å²) in [5, 5.41) is 0.217. The lowest BCUT2D eigenvalue weighted by atomic mass is 9.93. The van der Waals surface area contributed by atoms with Crippen molar-refractivity contribution in [3.05, 3.63) is 0 Å². The molecule has 17 heavy (non-hydrogen) atoms. The van der Waals surface area contributed by atoms with Crippen molar-refractivity contribution in [2.45, 2.75) is 44.6 Å². The highest BCUT2D eigenvalue weighted by Crippen LogP contribution is 2.27. The molecule has 0 aromatic carbocycles. The molecular formula is C13H22ClNO2. The summed E-state index contributed by atoms with van der Waals surface area (Å²) < 4.78 is 5.54. The Morgan fingerprint density at radius 3 is 2.47 bits per heavy atom. The summed E-state index contributed by atoms with van der Waals surface area (Å²) in [7, 11) is 0. The molecule has 0 saturated carbocycles. The highest BCUT2D eigenvalue weighted by atomic mass is 35.5. The second kappa shape index (κ2) is 5.57. The summed E-state index contributed by atoms with van der Waals surface area (Å²) in [5.74, 6) is 1.12. The van der Waals surface area contributed by atoms with Gasteiger partial charge >= 0.3 is 0 Å². The molecule has 98 valence electrons. The smallest absolute Gasteiger partial charge is 0.251 e. The SMILES string of the molecule is CC(Cl)C1CCN(C(=O)C2OCCC2C)CC1. The first-order valence-electron chi connectivity index (χ1n) is 6.64. The zero-order chi connectivity index (χ0) is 12.4. The fourth-order valence-electron chi connectivity index (χ4n) is 2.77. The van der Waals surface area contributed by atoms with Gasteiger partial charge in [0.2, 0.25) is 0 Å². The third-order valence-electron chi connectivity index (χ3n) is 4.13. The van der Waals surface area contributed by atoms with Crippen LogP contribution in [0.15, 0.2) is 0 Å². The average molecular weight is 260 g/mol. The predicted octanol–water partition coefficient (Wildman–Crippen LogP) is 2.28. The highest BCUT2D eigenvalue weighted by Gasteiger charge is 2.35. The van der Waals surface area contributed by atoms with Gasteiger partial charge in [0, 0.05) is 25.1 Å². The lowest BCUT2D eigenvalue weighted by molar-refractivity contribution is -0.143. The second-order valence-corrected chi connectivity index (χ2v) is 6.09. The minimum absolute atomic E-state index is 0.190. The van der Waals surface area contributed by atoms with E-state index in [9.17, 15) is 4.79 Å². The molecule has 2 fully saturated rings. The number of hydrogen-bond acceptors (Lipinski definition) is 2. The van der Waals surface area contributed by atoms with E-state index in [0.717, 1.165) is 39.0 Å². The van der Waals surface area contributed by atoms with Crippen molar-refractivity contribution >= 4 is 17.5 Å². The van der Waals surface area contributed by atoms with Gasteiger partial charge in [-0.2, -0.15) is 0 Å². The van der Waals surface area contributed by atoms with Crippen LogP contribution in [0.4, 0.5) is 0 Å². The zero-order valence-electron chi connectivity index (χ0n) is 10.7. The van der Waals surface area contributed by atoms with Crippen molar-refractivity contribution in [3.8, 4) is 0 Å². The Morgan fingerprint density at radius 1 is 1.35 bits per heavy atom. The molecule has 0 radical (unpaired) electrons. The van der Waals surface area contributed by atoms with Crippen LogP contribution in [0, 0.1) is 11.8 Å². The van der Waals surface area contributed by atoms with Gasteiger partial charge in [0.1, 0.15) is 6.10 Å². The van der Waals surface area contributed by atoms with Crippen LogP contribution >= 0.6 is 11.6 Å². The molecule has 2 rings (SSSR count). The Hall–Kier alpha value is -0.280. The Morgan fingerprint density at radius 2 is 2.00 bits per heavy atom. The molecule has 0 N–H and O–H groups in total. The van der Waals surface area contributed by atoms with Gasteiger partial charge in [-0.3, -0.25) is 4.79 Å². The molecule has 2 aliphatic heterocycles. The quantitative estimate of drug-likeness (QED) is 0.712. The molecule has 3 atom stereocenters. The molecule has 0 bridgehead atoms. The monoisotopic (exact) mass is 259 g/mol. The highest BCUT2D eigenvalue weighted by molar-refractivity contribution is 6.20. The number of piperidine rings is 1. The van der Waals surface area contributed by atoms with Crippen molar-refractivity contribution < 1.29 is 9.53 Å². The van der Waals surface area contributed by atoms with Crippen LogP contribution in [0.3, 0.4) is 0 Å². The summed E-state index contributed by atoms with van der Waals surface area (Å²) >= 11 is 6.11. The number of carbonyl (C=O) groups excluding carboxylic acids is 1. The number of hydrogen-bond donors (Lipinski definition) is 0. The maximum atomic E-state index is 12.3. The number of rotatable bonds is 2. The molecular weight excluding hydrogens is 238 g/mol. The van der Waals surface area contributed by atoms with E-state index >= 15 is 0 Å². The van der Waals surface area contributed by atoms with Crippen molar-refractivity contribution in [1.82, 2.24) is 4.90 Å². The van der Waals surface area contributed by atoms with E-state index in [1.165, 1.54) is 0 Å². The van der Waals surface area contributed by atoms with E-state index < -0.39 is 0 Å². The Bertz CT molecular complexity index is 275. The van der Waals surface area contributed by atoms with Gasteiger partial charge in [-0.1, -0.05) is 6.92 Å². The van der Waals surface area contributed by atoms with Crippen LogP contribution in [0.2, 0.25) is 0 Å². The third kappa shape index (κ3) is 2.94. The number of halogens is 1. The van der Waals surface area contributed by atoms with E-state index in [1.807, 2.05) is 11.8 Å². The second-order valence-electron chi connectivity index (χ2n) is 5.40. The Balaban J connectivity index is 1.86. The van der Waals surface area contributed by atoms with Crippen LogP contribution < -0.4 is 0 Å². The standard InChI is InChI=1S/C13H22ClNO2/c1-9-5-8-17-12(9)13(16)15-6-3-11(4-7-15)10(2)14/h9-12H,3-8H2,1-2H3. The maximum Gasteiger partial charge on any atom is 0.251 e. The predicted molar refractivity (Wildman–Crippen MR) is 68.1 cm³/mol. The van der Waals surface area contributed by atoms with Crippen LogP contribution in [0.25, 0.3) is 0 Å². The number of likely N-dealkylation sites (tertiary alicyclic amines) is 1. The summed E-state index contributed by atoms with van der Waals surface area (Å²) in [6, 6.07) is 0. The maximum absolute atomic E-state index is 12.3. The van der Waals surface area contributed by atoms with E-state index in [4.69, 9.17) is 16.3 Å². The molecule has 2 aliphatic rings. The minimum Gasteiger partial charge on any atom is -0.368 e. The zero-order valence-corrected chi connectivity index (χ0v) is 11.4. The van der Waals surface area contributed by atoms with E-state index in [0.29, 0.717) is 11.8 Å². The van der Waals surface area contributed by atoms with Gasteiger partial charge in [0.25, 0.3) is 5.91 Å². The van der Waals surface area contributed by atoms with Gasteiger partial charge in [0.05, 0.1) is 0 Å². The average Bonchev–Trinajstić information content (AvgIpc) is 2.74. The van der Waals surface area contributed by atoms with E-state index in [1.54, 1.807) is 0 Å². The van der Waals surface area contributed by atoms with Crippen molar-refractivity contribution in [3.63, 3.8) is 0 Å². The Kier molecular flexibility index (Phi) is 4.31. The molecule has 0 aromatic rings. The van der Waals surface area contributed by atoms with Gasteiger partial charge in [0.15, 0.2) is 0 Å². The fourth-order valence-corrected chi connectivity index (χ4v) is 3.02. The fraction of sp³-hybridized carbons (Fsp3) is 0.923. The first kappa shape index (κ1) is 13.2. The Labute approximate surface area is 108 Å². The first-order chi connectivity index (χ1) is 8.09. The molecule has 2 heterocycles.